The van der Waals surface area contributed by atoms with Crippen molar-refractivity contribution in [1.29, 1.82) is 0 Å². The fourth-order valence-corrected chi connectivity index (χ4v) is 4.74. The zero-order valence-electron chi connectivity index (χ0n) is 15.2. The molecular weight excluding hydrogens is 336 g/mol. The Labute approximate surface area is 160 Å². The molecule has 1 N–H and O–H groups in total. The van der Waals surface area contributed by atoms with Crippen molar-refractivity contribution < 1.29 is 0 Å². The van der Waals surface area contributed by atoms with E-state index >= 15 is 0 Å². The third-order valence-electron chi connectivity index (χ3n) is 5.38. The van der Waals surface area contributed by atoms with Crippen molar-refractivity contribution in [3.8, 4) is 23.7 Å². The smallest absolute Gasteiger partial charge is 0.0668 e. The molecule has 0 radical (unpaired) electrons. The highest BCUT2D eigenvalue weighted by molar-refractivity contribution is 7.98. The van der Waals surface area contributed by atoms with E-state index in [4.69, 9.17) is 6.42 Å². The predicted octanol–water partition coefficient (Wildman–Crippen LogP) is 5.15. The van der Waals surface area contributed by atoms with Gasteiger partial charge in [-0.15, -0.1) is 11.8 Å². The van der Waals surface area contributed by atoms with Gasteiger partial charge in [0.1, 0.15) is 0 Å². The molecule has 0 bridgehead atoms. The lowest BCUT2D eigenvalue weighted by Gasteiger charge is -2.13. The summed E-state index contributed by atoms with van der Waals surface area (Å²) in [7, 11) is 0. The van der Waals surface area contributed by atoms with Gasteiger partial charge in [0.05, 0.1) is 11.2 Å². The van der Waals surface area contributed by atoms with E-state index in [-0.39, 0.29) is 0 Å². The van der Waals surface area contributed by atoms with E-state index in [1.54, 1.807) is 11.8 Å². The Kier molecular flexibility index (Phi) is 5.06. The molecule has 2 heterocycles. The number of fused-ring (bicyclic) bond motifs is 1. The number of hydrogen-bond donors (Lipinski definition) is 1. The number of aromatic nitrogens is 1. The number of nitrogens with one attached hydrogen (secondary N) is 1. The summed E-state index contributed by atoms with van der Waals surface area (Å²) in [6.07, 6.45) is 12.9. The lowest BCUT2D eigenvalue weighted by Crippen LogP contribution is -2.21. The van der Waals surface area contributed by atoms with Crippen LogP contribution in [-0.4, -0.2) is 23.4 Å². The zero-order chi connectivity index (χ0) is 17.9. The number of benzene rings is 2. The fourth-order valence-electron chi connectivity index (χ4n) is 4.14. The number of para-hydroxylation sites is 1. The van der Waals surface area contributed by atoms with E-state index < -0.39 is 0 Å². The molecule has 1 atom stereocenters. The van der Waals surface area contributed by atoms with Crippen LogP contribution in [0, 0.1) is 12.5 Å². The summed E-state index contributed by atoms with van der Waals surface area (Å²) in [6.45, 7) is 1.15. The second kappa shape index (κ2) is 7.61. The molecule has 2 aromatic carbocycles. The van der Waals surface area contributed by atoms with Crippen LogP contribution < -0.4 is 5.32 Å². The van der Waals surface area contributed by atoms with Crippen LogP contribution in [-0.2, 0) is 6.42 Å². The average molecular weight is 361 g/mol. The first-order chi connectivity index (χ1) is 12.8. The van der Waals surface area contributed by atoms with Crippen LogP contribution >= 0.6 is 11.8 Å². The molecule has 2 nitrogen and oxygen atoms in total. The number of hydrogen-bond acceptors (Lipinski definition) is 2. The quantitative estimate of drug-likeness (QED) is 0.500. The van der Waals surface area contributed by atoms with Gasteiger partial charge in [0.25, 0.3) is 0 Å². The van der Waals surface area contributed by atoms with E-state index in [0.717, 1.165) is 24.9 Å². The Hall–Kier alpha value is -2.15. The van der Waals surface area contributed by atoms with Gasteiger partial charge in [-0.1, -0.05) is 42.8 Å². The summed E-state index contributed by atoms with van der Waals surface area (Å²) < 4.78 is 2.04. The molecule has 3 heteroatoms. The van der Waals surface area contributed by atoms with Gasteiger partial charge in [-0.3, -0.25) is 4.57 Å². The molecule has 132 valence electrons. The van der Waals surface area contributed by atoms with E-state index in [1.165, 1.54) is 39.9 Å². The molecule has 1 aliphatic rings. The first-order valence-electron chi connectivity index (χ1n) is 9.29. The van der Waals surface area contributed by atoms with E-state index in [0.29, 0.717) is 6.04 Å². The van der Waals surface area contributed by atoms with E-state index in [1.807, 2.05) is 4.57 Å². The zero-order valence-corrected chi connectivity index (χ0v) is 16.0. The van der Waals surface area contributed by atoms with Gasteiger partial charge in [0.15, 0.2) is 0 Å². The number of aryl methyl sites for hydroxylation is 1. The largest absolute Gasteiger partial charge is 0.314 e. The normalized spacial score (nSPS) is 16.8. The van der Waals surface area contributed by atoms with Gasteiger partial charge in [0.2, 0.25) is 0 Å². The van der Waals surface area contributed by atoms with Crippen molar-refractivity contribution in [2.75, 3.05) is 12.8 Å². The Morgan fingerprint density at radius 1 is 1.19 bits per heavy atom. The number of nitrogens with zero attached hydrogens (tertiary/aromatic N) is 1. The molecule has 0 spiro atoms. The van der Waals surface area contributed by atoms with Crippen LogP contribution in [0.5, 0.6) is 0 Å². The molecule has 1 fully saturated rings. The minimum atomic E-state index is 0.631. The highest BCUT2D eigenvalue weighted by Crippen LogP contribution is 2.38. The van der Waals surface area contributed by atoms with Crippen LogP contribution in [0.15, 0.2) is 53.4 Å². The molecular formula is C23H24N2S. The number of rotatable bonds is 5. The van der Waals surface area contributed by atoms with Gasteiger partial charge < -0.3 is 5.32 Å². The molecule has 1 aromatic heterocycles. The van der Waals surface area contributed by atoms with Crippen LogP contribution in [0.3, 0.4) is 0 Å². The standard InChI is InChI=1S/C23H24N2S/c1-3-25-21-12-6-4-10-18(21)19(15-14-17-9-8-16-24-17)23(25)20-11-5-7-13-22(20)26-2/h1,4-7,10-13,17,24H,8-9,14-16H2,2H3. The molecule has 1 unspecified atom stereocenters. The fraction of sp³-hybridized carbons (Fsp3) is 0.304. The monoisotopic (exact) mass is 360 g/mol. The molecule has 1 aliphatic heterocycles. The highest BCUT2D eigenvalue weighted by Gasteiger charge is 2.21. The summed E-state index contributed by atoms with van der Waals surface area (Å²) >= 11 is 1.78. The second-order valence-electron chi connectivity index (χ2n) is 6.84. The van der Waals surface area contributed by atoms with Crippen molar-refractivity contribution in [3.63, 3.8) is 0 Å². The van der Waals surface area contributed by atoms with Crippen LogP contribution in [0.4, 0.5) is 0 Å². The summed E-state index contributed by atoms with van der Waals surface area (Å²) in [5.74, 6) is 0. The maximum absolute atomic E-state index is 5.97. The second-order valence-corrected chi connectivity index (χ2v) is 7.69. The van der Waals surface area contributed by atoms with Crippen LogP contribution in [0.2, 0.25) is 0 Å². The van der Waals surface area contributed by atoms with Crippen molar-refractivity contribution in [2.45, 2.75) is 36.6 Å². The van der Waals surface area contributed by atoms with Gasteiger partial charge in [-0.2, -0.15) is 0 Å². The predicted molar refractivity (Wildman–Crippen MR) is 113 cm³/mol. The Morgan fingerprint density at radius 3 is 2.77 bits per heavy atom. The lowest BCUT2D eigenvalue weighted by atomic mass is 9.98. The number of terminal acetylenes is 1. The maximum Gasteiger partial charge on any atom is 0.0668 e. The minimum Gasteiger partial charge on any atom is -0.314 e. The van der Waals surface area contributed by atoms with Gasteiger partial charge >= 0.3 is 0 Å². The first-order valence-corrected chi connectivity index (χ1v) is 10.5. The van der Waals surface area contributed by atoms with E-state index in [2.05, 4.69) is 66.1 Å². The number of thioether (sulfide) groups is 1. The average Bonchev–Trinajstić information content (AvgIpc) is 3.31. The van der Waals surface area contributed by atoms with E-state index in [9.17, 15) is 0 Å². The van der Waals surface area contributed by atoms with Gasteiger partial charge in [-0.25, -0.2) is 0 Å². The molecule has 4 rings (SSSR count). The Balaban J connectivity index is 1.89. The van der Waals surface area contributed by atoms with Crippen molar-refractivity contribution >= 4 is 22.7 Å². The maximum atomic E-state index is 5.97. The Bertz CT molecular complexity index is 958. The summed E-state index contributed by atoms with van der Waals surface area (Å²) in [4.78, 5) is 1.27. The SMILES string of the molecule is C#Cn1c(-c2ccccc2SC)c(CCC2CCCN2)c2ccccc21. The van der Waals surface area contributed by atoms with Gasteiger partial charge in [-0.05, 0) is 56.2 Å². The Morgan fingerprint density at radius 2 is 2.00 bits per heavy atom. The highest BCUT2D eigenvalue weighted by atomic mass is 32.2. The van der Waals surface area contributed by atoms with Crippen molar-refractivity contribution in [1.82, 2.24) is 9.88 Å². The molecule has 0 saturated carbocycles. The topological polar surface area (TPSA) is 17.0 Å². The lowest BCUT2D eigenvalue weighted by molar-refractivity contribution is 0.560. The van der Waals surface area contributed by atoms with Crippen molar-refractivity contribution in [3.05, 3.63) is 54.1 Å². The minimum absolute atomic E-state index is 0.631. The third-order valence-corrected chi connectivity index (χ3v) is 6.17. The molecule has 0 amide bonds. The van der Waals surface area contributed by atoms with Crippen LogP contribution in [0.1, 0.15) is 24.8 Å². The van der Waals surface area contributed by atoms with Crippen molar-refractivity contribution in [2.24, 2.45) is 0 Å². The summed E-state index contributed by atoms with van der Waals surface area (Å²) in [5, 5.41) is 4.91. The summed E-state index contributed by atoms with van der Waals surface area (Å²) in [5.41, 5.74) is 4.95. The molecule has 26 heavy (non-hydrogen) atoms. The van der Waals surface area contributed by atoms with Gasteiger partial charge in [0, 0.05) is 27.9 Å². The third kappa shape index (κ3) is 3.05. The molecule has 1 saturated heterocycles. The molecule has 0 aliphatic carbocycles. The molecule has 3 aromatic rings. The first kappa shape index (κ1) is 17.3. The van der Waals surface area contributed by atoms with Crippen LogP contribution in [0.25, 0.3) is 22.2 Å². The summed E-state index contributed by atoms with van der Waals surface area (Å²) in [6, 6.07) is 20.7.